The monoisotopic (exact) mass is 388 g/mol. The van der Waals surface area contributed by atoms with Crippen molar-refractivity contribution in [2.24, 2.45) is 5.11 Å². The predicted molar refractivity (Wildman–Crippen MR) is 95.9 cm³/mol. The number of hydroxylamine groups is 2. The highest BCUT2D eigenvalue weighted by Gasteiger charge is 2.53. The molecule has 11 nitrogen and oxygen atoms in total. The fraction of sp³-hybridized carbons (Fsp3) is 0.429. The molecule has 0 spiro atoms. The van der Waals surface area contributed by atoms with Crippen molar-refractivity contribution in [2.45, 2.75) is 12.1 Å². The third-order valence-corrected chi connectivity index (χ3v) is 5.12. The summed E-state index contributed by atoms with van der Waals surface area (Å²) in [7, 11) is 1.06. The number of azide groups is 1. The maximum absolute atomic E-state index is 13.1. The number of carbonyl (C=O) groups is 3. The Balaban J connectivity index is 1.90. The molecule has 1 radical (unpaired) electrons. The lowest BCUT2D eigenvalue weighted by molar-refractivity contribution is -0.131. The average molecular weight is 388 g/mol. The van der Waals surface area contributed by atoms with Crippen LogP contribution in [0.3, 0.4) is 0 Å². The van der Waals surface area contributed by atoms with Crippen molar-refractivity contribution in [1.29, 1.82) is 0 Å². The normalized spacial score (nSPS) is 19.9. The molecule has 0 N–H and O–H groups in total. The van der Waals surface area contributed by atoms with Crippen molar-refractivity contribution in [3.05, 3.63) is 39.2 Å². The second kappa shape index (κ2) is 8.21. The molecule has 1 aromatic rings. The molecular weight excluding hydrogens is 373 g/mol. The van der Waals surface area contributed by atoms with E-state index >= 15 is 0 Å². The lowest BCUT2D eigenvalue weighted by Gasteiger charge is -2.32. The first-order chi connectivity index (χ1) is 13.1. The second-order valence-corrected chi connectivity index (χ2v) is 6.52. The summed E-state index contributed by atoms with van der Waals surface area (Å²) in [6.07, 6.45) is 1.99. The molecule has 2 bridgehead atoms. The van der Waals surface area contributed by atoms with Gasteiger partial charge in [-0.1, -0.05) is 11.2 Å². The van der Waals surface area contributed by atoms with Crippen molar-refractivity contribution in [3.8, 4) is 0 Å². The highest BCUT2D eigenvalue weighted by Crippen LogP contribution is 2.45. The van der Waals surface area contributed by atoms with Gasteiger partial charge in [-0.3, -0.25) is 9.63 Å². The molecule has 1 fully saturated rings. The molecule has 13 heteroatoms. The van der Waals surface area contributed by atoms with Gasteiger partial charge in [0.15, 0.2) is 6.04 Å². The summed E-state index contributed by atoms with van der Waals surface area (Å²) in [5, 5.41) is 4.62. The number of urea groups is 1. The van der Waals surface area contributed by atoms with Crippen LogP contribution in [0.2, 0.25) is 0 Å². The summed E-state index contributed by atoms with van der Waals surface area (Å²) in [6.45, 7) is 4.00. The van der Waals surface area contributed by atoms with Crippen LogP contribution in [0.5, 0.6) is 0 Å². The molecule has 0 aromatic carbocycles. The van der Waals surface area contributed by atoms with E-state index in [-0.39, 0.29) is 32.3 Å². The van der Waals surface area contributed by atoms with E-state index in [4.69, 9.17) is 10.4 Å². The zero-order valence-corrected chi connectivity index (χ0v) is 15.0. The van der Waals surface area contributed by atoms with Gasteiger partial charge < -0.3 is 14.5 Å². The molecule has 3 amide bonds. The van der Waals surface area contributed by atoms with Crippen LogP contribution in [0.4, 0.5) is 4.79 Å². The smallest absolute Gasteiger partial charge is 0.345 e. The molecule has 1 unspecified atom stereocenters. The number of carbonyl (C=O) groups excluding carboxylic acids is 3. The number of amides is 3. The first-order valence-electron chi connectivity index (χ1n) is 8.01. The number of fused-ring (bicyclic) bond motifs is 4. The minimum Gasteiger partial charge on any atom is -0.381 e. The summed E-state index contributed by atoms with van der Waals surface area (Å²) < 4.78 is 0. The zero-order valence-electron chi connectivity index (χ0n) is 14.2. The molecule has 3 heterocycles. The number of thiazole rings is 1. The first-order valence-corrected chi connectivity index (χ1v) is 8.88. The number of rotatable bonds is 9. The van der Waals surface area contributed by atoms with E-state index in [1.54, 1.807) is 5.51 Å². The number of hydrogen-bond donors (Lipinski definition) is 0. The summed E-state index contributed by atoms with van der Waals surface area (Å²) in [5.41, 5.74) is 10.5. The van der Waals surface area contributed by atoms with Gasteiger partial charge in [0.05, 0.1) is 29.2 Å². The maximum atomic E-state index is 13.1. The Labute approximate surface area is 159 Å². The van der Waals surface area contributed by atoms with Crippen molar-refractivity contribution in [1.82, 2.24) is 19.8 Å². The van der Waals surface area contributed by atoms with Gasteiger partial charge in [-0.2, -0.15) is 5.06 Å². The minimum absolute atomic E-state index is 0.00559. The van der Waals surface area contributed by atoms with Gasteiger partial charge in [0.1, 0.15) is 12.2 Å². The average Bonchev–Trinajstić information content (AvgIpc) is 3.25. The largest absolute Gasteiger partial charge is 0.381 e. The minimum atomic E-state index is -0.977. The van der Waals surface area contributed by atoms with Crippen molar-refractivity contribution < 1.29 is 19.2 Å². The molecule has 2 aliphatic heterocycles. The lowest BCUT2D eigenvalue weighted by Crippen LogP contribution is -2.48. The maximum Gasteiger partial charge on any atom is 0.345 e. The van der Waals surface area contributed by atoms with Gasteiger partial charge in [0, 0.05) is 18.0 Å². The molecule has 1 saturated heterocycles. The van der Waals surface area contributed by atoms with Crippen LogP contribution in [0, 0.1) is 0 Å². The van der Waals surface area contributed by atoms with Crippen molar-refractivity contribution >= 4 is 36.9 Å². The number of aromatic nitrogens is 1. The molecule has 27 heavy (non-hydrogen) atoms. The topological polar surface area (TPSA) is 132 Å². The Bertz CT molecular complexity index is 811. The molecule has 139 valence electrons. The Morgan fingerprint density at radius 2 is 2.48 bits per heavy atom. The summed E-state index contributed by atoms with van der Waals surface area (Å²) in [6, 6.07) is -1.78. The highest BCUT2D eigenvalue weighted by atomic mass is 32.1. The molecular formula is C14H15BN7O4S. The van der Waals surface area contributed by atoms with Gasteiger partial charge in [0.25, 0.3) is 0 Å². The van der Waals surface area contributed by atoms with E-state index in [0.29, 0.717) is 11.9 Å². The standard InChI is InChI=1S/C14H15BN7O4S/c1-2-5-26-22-9-6-20(14(22)25)11(10-12(9)27-8-17-10)13(24)21(15-7-23)4-3-18-19-16/h2,7-9,11H,1,3-6H2/t9?,11-/m0/s1. The summed E-state index contributed by atoms with van der Waals surface area (Å²) >= 11 is 1.34. The molecule has 3 rings (SSSR count). The molecule has 2 aliphatic rings. The van der Waals surface area contributed by atoms with E-state index in [1.807, 2.05) is 0 Å². The van der Waals surface area contributed by atoms with Gasteiger partial charge in [-0.15, -0.1) is 17.9 Å². The Morgan fingerprint density at radius 1 is 1.67 bits per heavy atom. The Morgan fingerprint density at radius 3 is 3.19 bits per heavy atom. The molecule has 1 aromatic heterocycles. The SMILES string of the molecule is C=CCON1C(=O)N2CC1c1scnc1[C@H]2C(=O)N([B]C=O)CCN=[N+]=[N-]. The Kier molecular flexibility index (Phi) is 5.74. The predicted octanol–water partition coefficient (Wildman–Crippen LogP) is 1.04. The fourth-order valence-corrected chi connectivity index (χ4v) is 3.98. The van der Waals surface area contributed by atoms with Crippen LogP contribution in [-0.4, -0.2) is 71.5 Å². The first kappa shape index (κ1) is 18.9. The van der Waals surface area contributed by atoms with Crippen LogP contribution in [0.25, 0.3) is 10.4 Å². The molecule has 2 atom stereocenters. The van der Waals surface area contributed by atoms with Gasteiger partial charge in [0.2, 0.25) is 5.91 Å². The van der Waals surface area contributed by atoms with Gasteiger partial charge in [-0.25, -0.2) is 9.78 Å². The third-order valence-electron chi connectivity index (χ3n) is 4.18. The van der Waals surface area contributed by atoms with Crippen LogP contribution in [0.15, 0.2) is 23.3 Å². The van der Waals surface area contributed by atoms with E-state index in [2.05, 4.69) is 21.6 Å². The summed E-state index contributed by atoms with van der Waals surface area (Å²) in [4.78, 5) is 52.5. The number of hydrogen-bond acceptors (Lipinski definition) is 7. The van der Waals surface area contributed by atoms with Crippen LogP contribution >= 0.6 is 11.3 Å². The highest BCUT2D eigenvalue weighted by molar-refractivity contribution is 7.09. The van der Waals surface area contributed by atoms with Crippen molar-refractivity contribution in [3.63, 3.8) is 0 Å². The van der Waals surface area contributed by atoms with E-state index in [0.717, 1.165) is 17.1 Å². The van der Waals surface area contributed by atoms with E-state index in [9.17, 15) is 14.4 Å². The van der Waals surface area contributed by atoms with Crippen LogP contribution in [-0.2, 0) is 14.4 Å². The molecule has 0 saturated carbocycles. The van der Waals surface area contributed by atoms with E-state index < -0.39 is 18.0 Å². The van der Waals surface area contributed by atoms with Crippen LogP contribution in [0.1, 0.15) is 22.7 Å². The fourth-order valence-electron chi connectivity index (χ4n) is 3.08. The second-order valence-electron chi connectivity index (χ2n) is 5.64. The summed E-state index contributed by atoms with van der Waals surface area (Å²) in [5.74, 6) is -0.500. The van der Waals surface area contributed by atoms with Gasteiger partial charge in [-0.05, 0) is 5.53 Å². The quantitative estimate of drug-likeness (QED) is 0.156. The van der Waals surface area contributed by atoms with E-state index in [1.165, 1.54) is 27.4 Å². The molecule has 0 aliphatic carbocycles. The lowest BCUT2D eigenvalue weighted by atomic mass is 9.91. The van der Waals surface area contributed by atoms with Crippen LogP contribution < -0.4 is 0 Å². The van der Waals surface area contributed by atoms with Gasteiger partial charge >= 0.3 is 13.4 Å². The number of nitrogens with zero attached hydrogens (tertiary/aromatic N) is 7. The zero-order chi connectivity index (χ0) is 19.4. The third kappa shape index (κ3) is 3.39. The van der Waals surface area contributed by atoms with Crippen molar-refractivity contribution in [2.75, 3.05) is 26.2 Å². The Hall–Kier alpha value is -2.89.